The van der Waals surface area contributed by atoms with E-state index in [2.05, 4.69) is 32.0 Å². The van der Waals surface area contributed by atoms with E-state index in [1.54, 1.807) is 17.5 Å². The minimum atomic E-state index is 0.142. The largest absolute Gasteiger partial charge is 0.357 e. The van der Waals surface area contributed by atoms with Crippen LogP contribution >= 0.6 is 22.9 Å². The summed E-state index contributed by atoms with van der Waals surface area (Å²) in [5.41, 5.74) is 4.10. The lowest BCUT2D eigenvalue weighted by Gasteiger charge is -2.33. The van der Waals surface area contributed by atoms with Crippen LogP contribution in [0.15, 0.2) is 55.0 Å². The third-order valence-corrected chi connectivity index (χ3v) is 6.58. The van der Waals surface area contributed by atoms with E-state index in [-0.39, 0.29) is 5.91 Å². The molecule has 0 atom stereocenters. The van der Waals surface area contributed by atoms with Crippen LogP contribution in [0.4, 0.5) is 0 Å². The topological polar surface area (TPSA) is 65.1 Å². The predicted molar refractivity (Wildman–Crippen MR) is 119 cm³/mol. The number of aromatic nitrogens is 3. The number of rotatable bonds is 5. The molecule has 4 aromatic rings. The lowest BCUT2D eigenvalue weighted by atomic mass is 10.2. The Bertz CT molecular complexity index is 1150. The van der Waals surface area contributed by atoms with Crippen molar-refractivity contribution in [2.75, 3.05) is 19.6 Å². The van der Waals surface area contributed by atoms with Crippen LogP contribution in [-0.2, 0) is 17.9 Å². The van der Waals surface area contributed by atoms with Gasteiger partial charge in [-0.1, -0.05) is 17.7 Å². The highest BCUT2D eigenvalue weighted by Crippen LogP contribution is 2.30. The van der Waals surface area contributed by atoms with Gasteiger partial charge in [0, 0.05) is 65.3 Å². The van der Waals surface area contributed by atoms with Gasteiger partial charge in [-0.2, -0.15) is 0 Å². The van der Waals surface area contributed by atoms with Gasteiger partial charge in [-0.05, 0) is 30.3 Å². The number of piperazine rings is 1. The summed E-state index contributed by atoms with van der Waals surface area (Å²) in [6, 6.07) is 12.0. The molecule has 0 aliphatic carbocycles. The van der Waals surface area contributed by atoms with Crippen molar-refractivity contribution in [2.24, 2.45) is 0 Å². The van der Waals surface area contributed by atoms with E-state index in [9.17, 15) is 4.79 Å². The van der Waals surface area contributed by atoms with Crippen molar-refractivity contribution in [3.63, 3.8) is 0 Å². The van der Waals surface area contributed by atoms with Gasteiger partial charge in [0.05, 0.1) is 23.1 Å². The maximum atomic E-state index is 12.7. The highest BCUT2D eigenvalue weighted by molar-refractivity contribution is 7.19. The monoisotopic (exact) mass is 437 g/mol. The summed E-state index contributed by atoms with van der Waals surface area (Å²) in [5, 5.41) is 1.07. The number of amides is 1. The van der Waals surface area contributed by atoms with Gasteiger partial charge in [0.15, 0.2) is 0 Å². The van der Waals surface area contributed by atoms with E-state index in [4.69, 9.17) is 11.6 Å². The van der Waals surface area contributed by atoms with Crippen molar-refractivity contribution in [2.45, 2.75) is 13.1 Å². The standard InChI is InChI=1S/C22H20ClN5OS/c23-21-4-3-20(30-21)15-1-2-17(25-11-15)12-27-7-8-28(22(29)14-27)13-18-9-16-10-24-6-5-19(16)26-18/h1-6,9-11,26H,7-8,12-14H2. The van der Waals surface area contributed by atoms with Gasteiger partial charge >= 0.3 is 0 Å². The highest BCUT2D eigenvalue weighted by Gasteiger charge is 2.24. The third-order valence-electron chi connectivity index (χ3n) is 5.30. The molecule has 1 amide bonds. The summed E-state index contributed by atoms with van der Waals surface area (Å²) in [4.78, 5) is 29.9. The Kier molecular flexibility index (Phi) is 5.25. The summed E-state index contributed by atoms with van der Waals surface area (Å²) in [5.74, 6) is 0.142. The average molecular weight is 438 g/mol. The Balaban J connectivity index is 1.19. The first kappa shape index (κ1) is 19.2. The van der Waals surface area contributed by atoms with E-state index in [0.717, 1.165) is 43.6 Å². The highest BCUT2D eigenvalue weighted by atomic mass is 35.5. The van der Waals surface area contributed by atoms with Gasteiger partial charge in [-0.25, -0.2) is 0 Å². The molecule has 30 heavy (non-hydrogen) atoms. The predicted octanol–water partition coefficient (Wildman–Crippen LogP) is 4.18. The van der Waals surface area contributed by atoms with E-state index < -0.39 is 0 Å². The summed E-state index contributed by atoms with van der Waals surface area (Å²) in [7, 11) is 0. The first-order valence-electron chi connectivity index (χ1n) is 9.76. The normalized spacial score (nSPS) is 15.2. The molecule has 5 heterocycles. The summed E-state index contributed by atoms with van der Waals surface area (Å²) < 4.78 is 0.773. The minimum absolute atomic E-state index is 0.142. The second-order valence-electron chi connectivity index (χ2n) is 7.43. The van der Waals surface area contributed by atoms with Crippen molar-refractivity contribution in [3.8, 4) is 10.4 Å². The average Bonchev–Trinajstić information content (AvgIpc) is 3.36. The van der Waals surface area contributed by atoms with Crippen molar-refractivity contribution in [1.29, 1.82) is 0 Å². The number of hydrogen-bond donors (Lipinski definition) is 1. The number of nitrogens with zero attached hydrogens (tertiary/aromatic N) is 4. The lowest BCUT2D eigenvalue weighted by molar-refractivity contribution is -0.137. The number of carbonyl (C=O) groups excluding carboxylic acids is 1. The lowest BCUT2D eigenvalue weighted by Crippen LogP contribution is -2.49. The van der Waals surface area contributed by atoms with E-state index >= 15 is 0 Å². The molecule has 8 heteroatoms. The molecular formula is C22H20ClN5OS. The first-order chi connectivity index (χ1) is 14.6. The maximum absolute atomic E-state index is 12.7. The van der Waals surface area contributed by atoms with Crippen LogP contribution in [0.1, 0.15) is 11.4 Å². The maximum Gasteiger partial charge on any atom is 0.237 e. The molecule has 0 radical (unpaired) electrons. The molecule has 1 saturated heterocycles. The molecule has 4 aromatic heterocycles. The fraction of sp³-hybridized carbons (Fsp3) is 0.227. The molecule has 0 unspecified atom stereocenters. The second-order valence-corrected chi connectivity index (χ2v) is 9.14. The van der Waals surface area contributed by atoms with E-state index in [1.165, 1.54) is 0 Å². The van der Waals surface area contributed by atoms with Crippen molar-refractivity contribution in [3.05, 3.63) is 70.7 Å². The van der Waals surface area contributed by atoms with Crippen LogP contribution < -0.4 is 0 Å². The fourth-order valence-corrected chi connectivity index (χ4v) is 4.78. The molecule has 5 rings (SSSR count). The Morgan fingerprint density at radius 3 is 2.77 bits per heavy atom. The molecule has 0 aromatic carbocycles. The molecule has 1 fully saturated rings. The van der Waals surface area contributed by atoms with Gasteiger partial charge in [-0.3, -0.25) is 19.7 Å². The minimum Gasteiger partial charge on any atom is -0.357 e. The molecule has 0 saturated carbocycles. The molecule has 6 nitrogen and oxygen atoms in total. The number of H-pyrrole nitrogens is 1. The van der Waals surface area contributed by atoms with Crippen LogP contribution in [0.5, 0.6) is 0 Å². The van der Waals surface area contributed by atoms with Crippen molar-refractivity contribution < 1.29 is 4.79 Å². The van der Waals surface area contributed by atoms with Crippen LogP contribution in [0.25, 0.3) is 21.3 Å². The Hall–Kier alpha value is -2.74. The summed E-state index contributed by atoms with van der Waals surface area (Å²) in [6.07, 6.45) is 5.48. The number of hydrogen-bond acceptors (Lipinski definition) is 5. The van der Waals surface area contributed by atoms with Gasteiger partial charge in [0.1, 0.15) is 0 Å². The molecule has 1 aliphatic rings. The van der Waals surface area contributed by atoms with Gasteiger partial charge in [-0.15, -0.1) is 11.3 Å². The van der Waals surface area contributed by atoms with Crippen LogP contribution in [0.2, 0.25) is 4.34 Å². The quantitative estimate of drug-likeness (QED) is 0.508. The number of nitrogens with one attached hydrogen (secondary N) is 1. The number of thiophene rings is 1. The van der Waals surface area contributed by atoms with Gasteiger partial charge in [0.2, 0.25) is 5.91 Å². The van der Waals surface area contributed by atoms with Crippen molar-refractivity contribution in [1.82, 2.24) is 24.8 Å². The Labute approximate surface area is 183 Å². The number of carbonyl (C=O) groups is 1. The molecule has 152 valence electrons. The van der Waals surface area contributed by atoms with Crippen LogP contribution in [-0.4, -0.2) is 50.3 Å². The number of aromatic amines is 1. The SMILES string of the molecule is O=C1CN(Cc2ccc(-c3ccc(Cl)s3)cn2)CCN1Cc1cc2cnccc2[nH]1. The zero-order chi connectivity index (χ0) is 20.5. The zero-order valence-electron chi connectivity index (χ0n) is 16.2. The molecule has 0 spiro atoms. The summed E-state index contributed by atoms with van der Waals surface area (Å²) >= 11 is 7.56. The first-order valence-corrected chi connectivity index (χ1v) is 11.0. The van der Waals surface area contributed by atoms with Gasteiger partial charge < -0.3 is 9.88 Å². The number of halogens is 1. The second kappa shape index (κ2) is 8.18. The molecular weight excluding hydrogens is 418 g/mol. The fourth-order valence-electron chi connectivity index (χ4n) is 3.74. The zero-order valence-corrected chi connectivity index (χ0v) is 17.8. The molecule has 1 aliphatic heterocycles. The van der Waals surface area contributed by atoms with E-state index in [0.29, 0.717) is 26.2 Å². The Morgan fingerprint density at radius 2 is 2.03 bits per heavy atom. The number of pyridine rings is 2. The van der Waals surface area contributed by atoms with Crippen molar-refractivity contribution >= 4 is 39.7 Å². The van der Waals surface area contributed by atoms with Crippen LogP contribution in [0, 0.1) is 0 Å². The summed E-state index contributed by atoms with van der Waals surface area (Å²) in [6.45, 7) is 3.21. The van der Waals surface area contributed by atoms with Crippen LogP contribution in [0.3, 0.4) is 0 Å². The van der Waals surface area contributed by atoms with E-state index in [1.807, 2.05) is 41.6 Å². The smallest absolute Gasteiger partial charge is 0.237 e. The number of fused-ring (bicyclic) bond motifs is 1. The Morgan fingerprint density at radius 1 is 1.10 bits per heavy atom. The molecule has 0 bridgehead atoms. The van der Waals surface area contributed by atoms with Gasteiger partial charge in [0.25, 0.3) is 0 Å². The third kappa shape index (κ3) is 4.09. The molecule has 1 N–H and O–H groups in total.